The van der Waals surface area contributed by atoms with Crippen LogP contribution in [-0.2, 0) is 11.2 Å². The van der Waals surface area contributed by atoms with E-state index in [1.165, 1.54) is 0 Å². The van der Waals surface area contributed by atoms with Crippen molar-refractivity contribution < 1.29 is 4.79 Å². The molecule has 0 spiro atoms. The highest BCUT2D eigenvalue weighted by Crippen LogP contribution is 2.14. The molecule has 0 saturated heterocycles. The van der Waals surface area contributed by atoms with Gasteiger partial charge in [-0.05, 0) is 30.0 Å². The second-order valence-electron chi connectivity index (χ2n) is 4.90. The SMILES string of the molecule is O=C(Cc1cccs1)Nc1cccc(C2=NCCCN2)c1. The van der Waals surface area contributed by atoms with Gasteiger partial charge < -0.3 is 10.6 Å². The van der Waals surface area contributed by atoms with Gasteiger partial charge in [-0.3, -0.25) is 9.79 Å². The Bertz CT molecular complexity index is 649. The lowest BCUT2D eigenvalue weighted by molar-refractivity contribution is -0.115. The van der Waals surface area contributed by atoms with Gasteiger partial charge in [-0.25, -0.2) is 0 Å². The van der Waals surface area contributed by atoms with E-state index in [2.05, 4.69) is 15.6 Å². The first-order chi connectivity index (χ1) is 10.3. The van der Waals surface area contributed by atoms with Gasteiger partial charge in [-0.15, -0.1) is 11.3 Å². The molecule has 1 amide bonds. The van der Waals surface area contributed by atoms with E-state index in [-0.39, 0.29) is 5.91 Å². The van der Waals surface area contributed by atoms with Crippen molar-refractivity contribution in [3.05, 3.63) is 52.2 Å². The zero-order valence-corrected chi connectivity index (χ0v) is 12.5. The van der Waals surface area contributed by atoms with Crippen molar-refractivity contribution in [1.29, 1.82) is 0 Å². The molecule has 4 nitrogen and oxygen atoms in total. The van der Waals surface area contributed by atoms with Gasteiger partial charge in [-0.2, -0.15) is 0 Å². The number of anilines is 1. The predicted octanol–water partition coefficient (Wildman–Crippen LogP) is 2.67. The van der Waals surface area contributed by atoms with Gasteiger partial charge >= 0.3 is 0 Å². The first kappa shape index (κ1) is 13.8. The number of carbonyl (C=O) groups is 1. The summed E-state index contributed by atoms with van der Waals surface area (Å²) in [5, 5.41) is 8.22. The summed E-state index contributed by atoms with van der Waals surface area (Å²) in [6.45, 7) is 1.81. The summed E-state index contributed by atoms with van der Waals surface area (Å²) in [6, 6.07) is 11.7. The van der Waals surface area contributed by atoms with E-state index in [0.717, 1.165) is 41.5 Å². The van der Waals surface area contributed by atoms with Crippen molar-refractivity contribution in [2.45, 2.75) is 12.8 Å². The Morgan fingerprint density at radius 2 is 2.29 bits per heavy atom. The van der Waals surface area contributed by atoms with Crippen LogP contribution in [0.15, 0.2) is 46.8 Å². The summed E-state index contributed by atoms with van der Waals surface area (Å²) in [5.41, 5.74) is 1.83. The fourth-order valence-corrected chi connectivity index (χ4v) is 2.95. The van der Waals surface area contributed by atoms with Gasteiger partial charge in [0.25, 0.3) is 0 Å². The second kappa shape index (κ2) is 6.54. The maximum absolute atomic E-state index is 12.0. The van der Waals surface area contributed by atoms with E-state index >= 15 is 0 Å². The molecule has 0 unspecified atom stereocenters. The first-order valence-electron chi connectivity index (χ1n) is 7.02. The number of aliphatic imine (C=N–C) groups is 1. The van der Waals surface area contributed by atoms with Crippen molar-refractivity contribution in [3.63, 3.8) is 0 Å². The smallest absolute Gasteiger partial charge is 0.229 e. The molecule has 5 heteroatoms. The summed E-state index contributed by atoms with van der Waals surface area (Å²) < 4.78 is 0. The van der Waals surface area contributed by atoms with Crippen LogP contribution >= 0.6 is 11.3 Å². The van der Waals surface area contributed by atoms with E-state index in [1.54, 1.807) is 11.3 Å². The standard InChI is InChI=1S/C16H17N3OS/c20-15(11-14-6-2-9-21-14)19-13-5-1-4-12(10-13)16-17-7-3-8-18-16/h1-2,4-6,9-10H,3,7-8,11H2,(H,17,18)(H,19,20). The van der Waals surface area contributed by atoms with Gasteiger partial charge in [-0.1, -0.05) is 18.2 Å². The molecule has 2 N–H and O–H groups in total. The molecule has 0 fully saturated rings. The molecular formula is C16H17N3OS. The number of hydrogen-bond donors (Lipinski definition) is 2. The number of thiophene rings is 1. The molecule has 3 rings (SSSR count). The molecule has 1 aliphatic rings. The van der Waals surface area contributed by atoms with E-state index in [1.807, 2.05) is 41.8 Å². The maximum Gasteiger partial charge on any atom is 0.229 e. The molecule has 21 heavy (non-hydrogen) atoms. The average molecular weight is 299 g/mol. The van der Waals surface area contributed by atoms with Crippen molar-refractivity contribution >= 4 is 28.8 Å². The molecular weight excluding hydrogens is 282 g/mol. The van der Waals surface area contributed by atoms with Crippen LogP contribution in [0.2, 0.25) is 0 Å². The van der Waals surface area contributed by atoms with Crippen molar-refractivity contribution in [2.75, 3.05) is 18.4 Å². The Labute approximate surface area is 127 Å². The van der Waals surface area contributed by atoms with Crippen LogP contribution in [0.25, 0.3) is 0 Å². The van der Waals surface area contributed by atoms with Crippen LogP contribution in [-0.4, -0.2) is 24.8 Å². The average Bonchev–Trinajstić information content (AvgIpc) is 3.01. The molecule has 0 bridgehead atoms. The second-order valence-corrected chi connectivity index (χ2v) is 5.93. The maximum atomic E-state index is 12.0. The molecule has 1 aromatic heterocycles. The van der Waals surface area contributed by atoms with Crippen LogP contribution in [0.3, 0.4) is 0 Å². The van der Waals surface area contributed by atoms with Gasteiger partial charge in [0.15, 0.2) is 0 Å². The fraction of sp³-hybridized carbons (Fsp3) is 0.250. The molecule has 1 aromatic carbocycles. The largest absolute Gasteiger partial charge is 0.370 e. The van der Waals surface area contributed by atoms with Crippen molar-refractivity contribution in [2.24, 2.45) is 4.99 Å². The minimum atomic E-state index is 0.00754. The molecule has 108 valence electrons. The zero-order chi connectivity index (χ0) is 14.5. The number of carbonyl (C=O) groups excluding carboxylic acids is 1. The Morgan fingerprint density at radius 1 is 1.33 bits per heavy atom. The lowest BCUT2D eigenvalue weighted by Gasteiger charge is -2.15. The van der Waals surface area contributed by atoms with Gasteiger partial charge in [0.2, 0.25) is 5.91 Å². The summed E-state index contributed by atoms with van der Waals surface area (Å²) in [5.74, 6) is 0.920. The van der Waals surface area contributed by atoms with E-state index in [9.17, 15) is 4.79 Å². The Hall–Kier alpha value is -2.14. The van der Waals surface area contributed by atoms with Gasteiger partial charge in [0.05, 0.1) is 6.42 Å². The van der Waals surface area contributed by atoms with Crippen LogP contribution in [0, 0.1) is 0 Å². The summed E-state index contributed by atoms with van der Waals surface area (Å²) in [7, 11) is 0. The van der Waals surface area contributed by atoms with Crippen molar-refractivity contribution in [1.82, 2.24) is 5.32 Å². The molecule has 1 aliphatic heterocycles. The van der Waals surface area contributed by atoms with Crippen molar-refractivity contribution in [3.8, 4) is 0 Å². The third-order valence-corrected chi connectivity index (χ3v) is 4.11. The molecule has 0 saturated carbocycles. The molecule has 0 atom stereocenters. The molecule has 0 radical (unpaired) electrons. The summed E-state index contributed by atoms with van der Waals surface area (Å²) >= 11 is 1.60. The third kappa shape index (κ3) is 3.70. The quantitative estimate of drug-likeness (QED) is 0.912. The Balaban J connectivity index is 1.68. The number of nitrogens with one attached hydrogen (secondary N) is 2. The minimum Gasteiger partial charge on any atom is -0.370 e. The van der Waals surface area contributed by atoms with Gasteiger partial charge in [0.1, 0.15) is 5.84 Å². The number of amides is 1. The number of benzene rings is 1. The van der Waals surface area contributed by atoms with Crippen LogP contribution in [0.1, 0.15) is 16.9 Å². The summed E-state index contributed by atoms with van der Waals surface area (Å²) in [6.07, 6.45) is 1.49. The van der Waals surface area contributed by atoms with Crippen LogP contribution in [0.4, 0.5) is 5.69 Å². The zero-order valence-electron chi connectivity index (χ0n) is 11.6. The molecule has 0 aliphatic carbocycles. The van der Waals surface area contributed by atoms with Crippen LogP contribution in [0.5, 0.6) is 0 Å². The highest BCUT2D eigenvalue weighted by atomic mass is 32.1. The number of amidine groups is 1. The third-order valence-electron chi connectivity index (χ3n) is 3.23. The van der Waals surface area contributed by atoms with E-state index < -0.39 is 0 Å². The monoisotopic (exact) mass is 299 g/mol. The topological polar surface area (TPSA) is 53.5 Å². The molecule has 2 aromatic rings. The first-order valence-corrected chi connectivity index (χ1v) is 7.90. The van der Waals surface area contributed by atoms with Crippen LogP contribution < -0.4 is 10.6 Å². The Kier molecular flexibility index (Phi) is 4.31. The normalized spacial score (nSPS) is 14.2. The lowest BCUT2D eigenvalue weighted by atomic mass is 10.1. The number of hydrogen-bond acceptors (Lipinski definition) is 4. The summed E-state index contributed by atoms with van der Waals surface area (Å²) in [4.78, 5) is 17.6. The van der Waals surface area contributed by atoms with E-state index in [0.29, 0.717) is 6.42 Å². The number of nitrogens with zero attached hydrogens (tertiary/aromatic N) is 1. The number of rotatable bonds is 4. The highest BCUT2D eigenvalue weighted by Gasteiger charge is 2.09. The van der Waals surface area contributed by atoms with E-state index in [4.69, 9.17) is 0 Å². The van der Waals surface area contributed by atoms with Gasteiger partial charge in [0, 0.05) is 29.2 Å². The lowest BCUT2D eigenvalue weighted by Crippen LogP contribution is -2.30. The predicted molar refractivity (Wildman–Crippen MR) is 87.1 cm³/mol. The minimum absolute atomic E-state index is 0.00754. The highest BCUT2D eigenvalue weighted by molar-refractivity contribution is 7.10. The Morgan fingerprint density at radius 3 is 3.05 bits per heavy atom. The fourth-order valence-electron chi connectivity index (χ4n) is 2.25. The molecule has 2 heterocycles.